The van der Waals surface area contributed by atoms with Crippen LogP contribution in [0.2, 0.25) is 0 Å². The van der Waals surface area contributed by atoms with Crippen LogP contribution >= 0.6 is 0 Å². The zero-order chi connectivity index (χ0) is 11.7. The van der Waals surface area contributed by atoms with E-state index in [1.54, 1.807) is 6.26 Å². The molecule has 1 saturated carbocycles. The first kappa shape index (κ1) is 10.6. The van der Waals surface area contributed by atoms with E-state index >= 15 is 0 Å². The van der Waals surface area contributed by atoms with Gasteiger partial charge in [-0.1, -0.05) is 19.3 Å². The van der Waals surface area contributed by atoms with E-state index in [2.05, 4.69) is 0 Å². The van der Waals surface area contributed by atoms with Crippen LogP contribution in [0.1, 0.15) is 42.5 Å². The molecule has 1 aromatic carbocycles. The SMILES string of the molecule is O=C(c1ccc2occc2c1)C1CCCCC1. The van der Waals surface area contributed by atoms with E-state index < -0.39 is 0 Å². The largest absolute Gasteiger partial charge is 0.464 e. The molecule has 0 amide bonds. The number of ketones is 1. The summed E-state index contributed by atoms with van der Waals surface area (Å²) in [6.07, 6.45) is 7.46. The molecule has 2 heteroatoms. The van der Waals surface area contributed by atoms with Gasteiger partial charge < -0.3 is 4.42 Å². The summed E-state index contributed by atoms with van der Waals surface area (Å²) in [6.45, 7) is 0. The second kappa shape index (κ2) is 4.36. The number of carbonyl (C=O) groups excluding carboxylic acids is 1. The Kier molecular flexibility index (Phi) is 2.71. The van der Waals surface area contributed by atoms with Crippen molar-refractivity contribution in [3.8, 4) is 0 Å². The molecule has 1 heterocycles. The molecule has 0 atom stereocenters. The maximum absolute atomic E-state index is 12.3. The van der Waals surface area contributed by atoms with Gasteiger partial charge in [-0.2, -0.15) is 0 Å². The fourth-order valence-corrected chi connectivity index (χ4v) is 2.72. The maximum Gasteiger partial charge on any atom is 0.165 e. The molecule has 0 aliphatic heterocycles. The molecule has 0 radical (unpaired) electrons. The van der Waals surface area contributed by atoms with Crippen LogP contribution in [0.4, 0.5) is 0 Å². The number of furan rings is 1. The van der Waals surface area contributed by atoms with Crippen LogP contribution in [-0.2, 0) is 0 Å². The minimum absolute atomic E-state index is 0.244. The van der Waals surface area contributed by atoms with E-state index in [1.807, 2.05) is 24.3 Å². The Balaban J connectivity index is 1.88. The normalized spacial score (nSPS) is 17.4. The molecule has 1 aliphatic rings. The minimum atomic E-state index is 0.244. The zero-order valence-corrected chi connectivity index (χ0v) is 9.82. The molecule has 17 heavy (non-hydrogen) atoms. The lowest BCUT2D eigenvalue weighted by atomic mass is 9.84. The standard InChI is InChI=1S/C15H16O2/c16-15(11-4-2-1-3-5-11)13-6-7-14-12(10-13)8-9-17-14/h6-11H,1-5H2. The van der Waals surface area contributed by atoms with Gasteiger partial charge in [-0.05, 0) is 37.1 Å². The van der Waals surface area contributed by atoms with Crippen molar-refractivity contribution in [2.75, 3.05) is 0 Å². The lowest BCUT2D eigenvalue weighted by Gasteiger charge is -2.20. The van der Waals surface area contributed by atoms with E-state index in [1.165, 1.54) is 19.3 Å². The van der Waals surface area contributed by atoms with Crippen molar-refractivity contribution in [2.45, 2.75) is 32.1 Å². The number of benzene rings is 1. The van der Waals surface area contributed by atoms with Crippen LogP contribution in [0.25, 0.3) is 11.0 Å². The van der Waals surface area contributed by atoms with Gasteiger partial charge in [0.05, 0.1) is 6.26 Å². The highest BCUT2D eigenvalue weighted by molar-refractivity contribution is 6.00. The lowest BCUT2D eigenvalue weighted by molar-refractivity contribution is 0.0889. The average Bonchev–Trinajstić information content (AvgIpc) is 2.86. The molecular weight excluding hydrogens is 212 g/mol. The summed E-state index contributed by atoms with van der Waals surface area (Å²) in [5.74, 6) is 0.556. The highest BCUT2D eigenvalue weighted by Crippen LogP contribution is 2.28. The summed E-state index contributed by atoms with van der Waals surface area (Å²) in [5, 5.41) is 1.02. The monoisotopic (exact) mass is 228 g/mol. The van der Waals surface area contributed by atoms with Crippen molar-refractivity contribution in [3.05, 3.63) is 36.1 Å². The Labute approximate surface area is 101 Å². The van der Waals surface area contributed by atoms with Crippen LogP contribution < -0.4 is 0 Å². The van der Waals surface area contributed by atoms with Crippen LogP contribution in [0.3, 0.4) is 0 Å². The smallest absolute Gasteiger partial charge is 0.165 e. The molecule has 88 valence electrons. The number of fused-ring (bicyclic) bond motifs is 1. The predicted molar refractivity (Wildman–Crippen MR) is 67.1 cm³/mol. The number of Topliss-reactive ketones (excluding diaryl/α,β-unsaturated/α-hetero) is 1. The van der Waals surface area contributed by atoms with E-state index in [4.69, 9.17) is 4.42 Å². The first-order valence-corrected chi connectivity index (χ1v) is 6.36. The second-order valence-electron chi connectivity index (χ2n) is 4.87. The van der Waals surface area contributed by atoms with Crippen molar-refractivity contribution in [1.82, 2.24) is 0 Å². The summed E-state index contributed by atoms with van der Waals surface area (Å²) in [7, 11) is 0. The molecular formula is C15H16O2. The highest BCUT2D eigenvalue weighted by atomic mass is 16.3. The van der Waals surface area contributed by atoms with Crippen LogP contribution in [0.15, 0.2) is 34.9 Å². The Morgan fingerprint density at radius 2 is 1.94 bits per heavy atom. The maximum atomic E-state index is 12.3. The summed E-state index contributed by atoms with van der Waals surface area (Å²) in [6, 6.07) is 7.65. The van der Waals surface area contributed by atoms with Gasteiger partial charge in [0.2, 0.25) is 0 Å². The first-order valence-electron chi connectivity index (χ1n) is 6.36. The zero-order valence-electron chi connectivity index (χ0n) is 9.82. The van der Waals surface area contributed by atoms with E-state index in [0.29, 0.717) is 5.78 Å². The topological polar surface area (TPSA) is 30.2 Å². The molecule has 1 fully saturated rings. The molecule has 1 aliphatic carbocycles. The van der Waals surface area contributed by atoms with Gasteiger partial charge in [-0.15, -0.1) is 0 Å². The average molecular weight is 228 g/mol. The van der Waals surface area contributed by atoms with Crippen LogP contribution in [0.5, 0.6) is 0 Å². The molecule has 0 N–H and O–H groups in total. The van der Waals surface area contributed by atoms with Crippen molar-refractivity contribution in [3.63, 3.8) is 0 Å². The van der Waals surface area contributed by atoms with Crippen molar-refractivity contribution in [2.24, 2.45) is 5.92 Å². The van der Waals surface area contributed by atoms with E-state index in [-0.39, 0.29) is 5.92 Å². The third kappa shape index (κ3) is 1.99. The highest BCUT2D eigenvalue weighted by Gasteiger charge is 2.22. The lowest BCUT2D eigenvalue weighted by Crippen LogP contribution is -2.17. The summed E-state index contributed by atoms with van der Waals surface area (Å²) < 4.78 is 5.29. The van der Waals surface area contributed by atoms with Gasteiger partial charge >= 0.3 is 0 Å². The van der Waals surface area contributed by atoms with Crippen molar-refractivity contribution >= 4 is 16.8 Å². The Bertz CT molecular complexity index is 533. The van der Waals surface area contributed by atoms with Gasteiger partial charge in [0, 0.05) is 16.9 Å². The van der Waals surface area contributed by atoms with Crippen LogP contribution in [0, 0.1) is 5.92 Å². The number of hydrogen-bond donors (Lipinski definition) is 0. The third-order valence-electron chi connectivity index (χ3n) is 3.71. The van der Waals surface area contributed by atoms with Crippen LogP contribution in [-0.4, -0.2) is 5.78 Å². The number of carbonyl (C=O) groups is 1. The van der Waals surface area contributed by atoms with Crippen molar-refractivity contribution in [1.29, 1.82) is 0 Å². The molecule has 1 aromatic heterocycles. The summed E-state index contributed by atoms with van der Waals surface area (Å²) in [5.41, 5.74) is 1.69. The molecule has 0 spiro atoms. The number of hydrogen-bond acceptors (Lipinski definition) is 2. The third-order valence-corrected chi connectivity index (χ3v) is 3.71. The molecule has 0 saturated heterocycles. The molecule has 2 aromatic rings. The Morgan fingerprint density at radius 1 is 1.12 bits per heavy atom. The minimum Gasteiger partial charge on any atom is -0.464 e. The first-order chi connectivity index (χ1) is 8.34. The predicted octanol–water partition coefficient (Wildman–Crippen LogP) is 4.20. The van der Waals surface area contributed by atoms with Gasteiger partial charge in [0.25, 0.3) is 0 Å². The van der Waals surface area contributed by atoms with Gasteiger partial charge in [-0.3, -0.25) is 4.79 Å². The van der Waals surface area contributed by atoms with Gasteiger partial charge in [0.1, 0.15) is 5.58 Å². The van der Waals surface area contributed by atoms with E-state index in [9.17, 15) is 4.79 Å². The molecule has 3 rings (SSSR count). The fourth-order valence-electron chi connectivity index (χ4n) is 2.72. The fraction of sp³-hybridized carbons (Fsp3) is 0.400. The molecule has 2 nitrogen and oxygen atoms in total. The second-order valence-corrected chi connectivity index (χ2v) is 4.87. The molecule has 0 unspecified atom stereocenters. The summed E-state index contributed by atoms with van der Waals surface area (Å²) >= 11 is 0. The van der Waals surface area contributed by atoms with E-state index in [0.717, 1.165) is 29.4 Å². The Morgan fingerprint density at radius 3 is 2.76 bits per heavy atom. The molecule has 0 bridgehead atoms. The Hall–Kier alpha value is -1.57. The van der Waals surface area contributed by atoms with Gasteiger partial charge in [-0.25, -0.2) is 0 Å². The van der Waals surface area contributed by atoms with Gasteiger partial charge in [0.15, 0.2) is 5.78 Å². The number of rotatable bonds is 2. The summed E-state index contributed by atoms with van der Waals surface area (Å²) in [4.78, 5) is 12.3. The van der Waals surface area contributed by atoms with Crippen molar-refractivity contribution < 1.29 is 9.21 Å². The quantitative estimate of drug-likeness (QED) is 0.721.